The van der Waals surface area contributed by atoms with Crippen molar-refractivity contribution in [1.82, 2.24) is 0 Å². The molecule has 0 aliphatic carbocycles. The van der Waals surface area contributed by atoms with Gasteiger partial charge in [0.25, 0.3) is 0 Å². The van der Waals surface area contributed by atoms with Gasteiger partial charge < -0.3 is 15.2 Å². The summed E-state index contributed by atoms with van der Waals surface area (Å²) in [6.45, 7) is 3.20. The van der Waals surface area contributed by atoms with Gasteiger partial charge in [0.15, 0.2) is 0 Å². The topological polar surface area (TPSA) is 44.5 Å². The summed E-state index contributed by atoms with van der Waals surface area (Å²) in [4.78, 5) is 0. The molecule has 0 saturated heterocycles. The Kier molecular flexibility index (Phi) is 8.37. The van der Waals surface area contributed by atoms with E-state index in [2.05, 4.69) is 91.9 Å². The molecule has 0 aliphatic heterocycles. The van der Waals surface area contributed by atoms with Crippen molar-refractivity contribution >= 4 is 11.1 Å². The SMILES string of the molecule is CC/C(=C(/c1ccc(OCCN)cc1)c1ccc(Cc2ccccc2)cc1OC)c1ccccc1. The molecular formula is C32H33NO2. The third-order valence-electron chi connectivity index (χ3n) is 6.09. The lowest BCUT2D eigenvalue weighted by Gasteiger charge is -2.20. The first-order valence-electron chi connectivity index (χ1n) is 12.2. The molecule has 0 spiro atoms. The minimum absolute atomic E-state index is 0.493. The maximum absolute atomic E-state index is 5.96. The van der Waals surface area contributed by atoms with Crippen LogP contribution in [0.1, 0.15) is 41.2 Å². The van der Waals surface area contributed by atoms with Gasteiger partial charge in [-0.05, 0) is 64.4 Å². The molecule has 4 rings (SSSR count). The van der Waals surface area contributed by atoms with Crippen LogP contribution in [0.2, 0.25) is 0 Å². The number of methoxy groups -OCH3 is 1. The third-order valence-corrected chi connectivity index (χ3v) is 6.09. The maximum Gasteiger partial charge on any atom is 0.126 e. The van der Waals surface area contributed by atoms with Gasteiger partial charge in [-0.3, -0.25) is 0 Å². The van der Waals surface area contributed by atoms with Gasteiger partial charge in [0.2, 0.25) is 0 Å². The Morgan fingerprint density at radius 2 is 1.43 bits per heavy atom. The van der Waals surface area contributed by atoms with Crippen molar-refractivity contribution < 1.29 is 9.47 Å². The van der Waals surface area contributed by atoms with E-state index in [9.17, 15) is 0 Å². The summed E-state index contributed by atoms with van der Waals surface area (Å²) in [6.07, 6.45) is 1.75. The van der Waals surface area contributed by atoms with Gasteiger partial charge in [-0.2, -0.15) is 0 Å². The summed E-state index contributed by atoms with van der Waals surface area (Å²) < 4.78 is 11.7. The molecule has 0 bridgehead atoms. The van der Waals surface area contributed by atoms with Gasteiger partial charge in [0, 0.05) is 12.1 Å². The Hall–Kier alpha value is -3.82. The highest BCUT2D eigenvalue weighted by Gasteiger charge is 2.17. The van der Waals surface area contributed by atoms with Gasteiger partial charge in [-0.25, -0.2) is 0 Å². The molecule has 0 unspecified atom stereocenters. The van der Waals surface area contributed by atoms with E-state index in [1.807, 2.05) is 18.2 Å². The molecule has 178 valence electrons. The first kappa shape index (κ1) is 24.3. The number of benzene rings is 4. The number of nitrogens with two attached hydrogens (primary N) is 1. The molecule has 0 atom stereocenters. The van der Waals surface area contributed by atoms with E-state index in [0.717, 1.165) is 35.5 Å². The first-order valence-corrected chi connectivity index (χ1v) is 12.2. The largest absolute Gasteiger partial charge is 0.496 e. The normalized spacial score (nSPS) is 11.6. The van der Waals surface area contributed by atoms with Crippen LogP contribution in [0.25, 0.3) is 11.1 Å². The Morgan fingerprint density at radius 3 is 2.06 bits per heavy atom. The zero-order valence-corrected chi connectivity index (χ0v) is 20.5. The Labute approximate surface area is 208 Å². The van der Waals surface area contributed by atoms with Gasteiger partial charge in [0.05, 0.1) is 7.11 Å². The monoisotopic (exact) mass is 463 g/mol. The van der Waals surface area contributed by atoms with Crippen LogP contribution < -0.4 is 15.2 Å². The molecule has 3 nitrogen and oxygen atoms in total. The molecule has 0 fully saturated rings. The number of allylic oxidation sites excluding steroid dienone is 1. The number of rotatable bonds is 10. The lowest BCUT2D eigenvalue weighted by atomic mass is 9.87. The van der Waals surface area contributed by atoms with Crippen LogP contribution in [0.5, 0.6) is 11.5 Å². The quantitative estimate of drug-likeness (QED) is 0.258. The average Bonchev–Trinajstić information content (AvgIpc) is 2.92. The van der Waals surface area contributed by atoms with Crippen LogP contribution in [0.15, 0.2) is 103 Å². The number of hydrogen-bond donors (Lipinski definition) is 1. The van der Waals surface area contributed by atoms with Gasteiger partial charge in [-0.15, -0.1) is 0 Å². The molecule has 35 heavy (non-hydrogen) atoms. The molecule has 2 N–H and O–H groups in total. The van der Waals surface area contributed by atoms with Crippen molar-refractivity contribution in [1.29, 1.82) is 0 Å². The predicted molar refractivity (Wildman–Crippen MR) is 146 cm³/mol. The Morgan fingerprint density at radius 1 is 0.743 bits per heavy atom. The van der Waals surface area contributed by atoms with Gasteiger partial charge in [0.1, 0.15) is 18.1 Å². The maximum atomic E-state index is 5.96. The summed E-state index contributed by atoms with van der Waals surface area (Å²) in [5.41, 5.74) is 14.0. The highest BCUT2D eigenvalue weighted by Crippen LogP contribution is 2.39. The van der Waals surface area contributed by atoms with Crippen molar-refractivity contribution in [2.24, 2.45) is 5.73 Å². The van der Waals surface area contributed by atoms with Crippen LogP contribution >= 0.6 is 0 Å². The number of hydrogen-bond acceptors (Lipinski definition) is 3. The van der Waals surface area contributed by atoms with Crippen molar-refractivity contribution in [3.05, 3.63) is 131 Å². The van der Waals surface area contributed by atoms with Crippen LogP contribution in [0.3, 0.4) is 0 Å². The second kappa shape index (κ2) is 12.0. The van der Waals surface area contributed by atoms with E-state index in [0.29, 0.717) is 13.2 Å². The van der Waals surface area contributed by atoms with Gasteiger partial charge >= 0.3 is 0 Å². The molecule has 4 aromatic carbocycles. The van der Waals surface area contributed by atoms with E-state index in [1.54, 1.807) is 7.11 Å². The van der Waals surface area contributed by atoms with Crippen molar-refractivity contribution in [2.75, 3.05) is 20.3 Å². The van der Waals surface area contributed by atoms with Crippen LogP contribution in [-0.4, -0.2) is 20.3 Å². The van der Waals surface area contributed by atoms with Crippen molar-refractivity contribution in [3.63, 3.8) is 0 Å². The molecule has 0 aromatic heterocycles. The summed E-state index contributed by atoms with van der Waals surface area (Å²) in [7, 11) is 1.75. The lowest BCUT2D eigenvalue weighted by molar-refractivity contribution is 0.328. The van der Waals surface area contributed by atoms with E-state index in [1.165, 1.54) is 27.8 Å². The molecular weight excluding hydrogens is 430 g/mol. The van der Waals surface area contributed by atoms with E-state index >= 15 is 0 Å². The van der Waals surface area contributed by atoms with E-state index in [4.69, 9.17) is 15.2 Å². The fourth-order valence-corrected chi connectivity index (χ4v) is 4.44. The van der Waals surface area contributed by atoms with Crippen molar-refractivity contribution in [2.45, 2.75) is 19.8 Å². The molecule has 0 amide bonds. The molecule has 3 heteroatoms. The molecule has 0 heterocycles. The lowest BCUT2D eigenvalue weighted by Crippen LogP contribution is -2.10. The van der Waals surface area contributed by atoms with E-state index in [-0.39, 0.29) is 0 Å². The smallest absolute Gasteiger partial charge is 0.126 e. The zero-order chi connectivity index (χ0) is 24.5. The average molecular weight is 464 g/mol. The second-order valence-electron chi connectivity index (χ2n) is 8.43. The fourth-order valence-electron chi connectivity index (χ4n) is 4.44. The van der Waals surface area contributed by atoms with Crippen molar-refractivity contribution in [3.8, 4) is 11.5 Å². The summed E-state index contributed by atoms with van der Waals surface area (Å²) >= 11 is 0. The van der Waals surface area contributed by atoms with Crippen LogP contribution in [0, 0.1) is 0 Å². The highest BCUT2D eigenvalue weighted by atomic mass is 16.5. The first-order chi connectivity index (χ1) is 17.2. The predicted octanol–water partition coefficient (Wildman–Crippen LogP) is 6.99. The fraction of sp³-hybridized carbons (Fsp3) is 0.188. The Bertz CT molecular complexity index is 1250. The minimum atomic E-state index is 0.493. The van der Waals surface area contributed by atoms with E-state index < -0.39 is 0 Å². The molecule has 0 saturated carbocycles. The Balaban J connectivity index is 1.82. The minimum Gasteiger partial charge on any atom is -0.496 e. The molecule has 0 radical (unpaired) electrons. The zero-order valence-electron chi connectivity index (χ0n) is 20.5. The standard InChI is InChI=1S/C32H33NO2/c1-3-29(26-12-8-5-9-13-26)32(27-15-17-28(18-16-27)35-21-20-33)30-19-14-25(23-31(30)34-2)22-24-10-6-4-7-11-24/h4-19,23H,3,20-22,33H2,1-2H3/b32-29+. The highest BCUT2D eigenvalue weighted by molar-refractivity contribution is 6.00. The summed E-state index contributed by atoms with van der Waals surface area (Å²) in [6, 6.07) is 36.0. The summed E-state index contributed by atoms with van der Waals surface area (Å²) in [5, 5.41) is 0. The van der Waals surface area contributed by atoms with Gasteiger partial charge in [-0.1, -0.05) is 91.9 Å². The van der Waals surface area contributed by atoms with Crippen LogP contribution in [-0.2, 0) is 6.42 Å². The third kappa shape index (κ3) is 6.00. The molecule has 4 aromatic rings. The van der Waals surface area contributed by atoms with Crippen LogP contribution in [0.4, 0.5) is 0 Å². The second-order valence-corrected chi connectivity index (χ2v) is 8.43. The summed E-state index contributed by atoms with van der Waals surface area (Å²) in [5.74, 6) is 1.69. The number of ether oxygens (including phenoxy) is 2. The molecule has 0 aliphatic rings.